The zero-order chi connectivity index (χ0) is 25.3. The largest absolute Gasteiger partial charge is 0.463 e. The maximum atomic E-state index is 11.5. The molecule has 1 aliphatic carbocycles. The van der Waals surface area contributed by atoms with E-state index in [1.807, 2.05) is 38.1 Å². The summed E-state index contributed by atoms with van der Waals surface area (Å²) in [6, 6.07) is 10.1. The number of aliphatic hydroxyl groups is 4. The van der Waals surface area contributed by atoms with Gasteiger partial charge in [-0.15, -0.1) is 0 Å². The van der Waals surface area contributed by atoms with Gasteiger partial charge in [-0.3, -0.25) is 4.79 Å². The van der Waals surface area contributed by atoms with Crippen molar-refractivity contribution in [3.8, 4) is 0 Å². The minimum absolute atomic E-state index is 0.00652. The first-order valence-electron chi connectivity index (χ1n) is 12.8. The van der Waals surface area contributed by atoms with Crippen LogP contribution in [-0.4, -0.2) is 57.4 Å². The average molecular weight is 479 g/mol. The lowest BCUT2D eigenvalue weighted by Crippen LogP contribution is -2.23. The monoisotopic (exact) mass is 478 g/mol. The number of ether oxygens (including phenoxy) is 1. The maximum Gasteiger partial charge on any atom is 0.306 e. The molecule has 0 heterocycles. The summed E-state index contributed by atoms with van der Waals surface area (Å²) in [6.07, 6.45) is 8.58. The molecule has 0 aromatic heterocycles. The Morgan fingerprint density at radius 3 is 2.38 bits per heavy atom. The van der Waals surface area contributed by atoms with E-state index in [0.29, 0.717) is 38.5 Å². The fourth-order valence-corrected chi connectivity index (χ4v) is 4.47. The molecule has 6 heteroatoms. The van der Waals surface area contributed by atoms with Crippen LogP contribution in [0.25, 0.3) is 0 Å². The molecular weight excluding hydrogens is 432 g/mol. The van der Waals surface area contributed by atoms with Gasteiger partial charge in [0.05, 0.1) is 24.4 Å². The number of benzene rings is 1. The Labute approximate surface area is 205 Å². The van der Waals surface area contributed by atoms with Crippen molar-refractivity contribution in [2.75, 3.05) is 6.61 Å². The van der Waals surface area contributed by atoms with Gasteiger partial charge in [-0.1, -0.05) is 42.5 Å². The predicted molar refractivity (Wildman–Crippen MR) is 135 cm³/mol. The number of esters is 1. The summed E-state index contributed by atoms with van der Waals surface area (Å²) in [6.45, 7) is 5.62. The van der Waals surface area contributed by atoms with E-state index in [1.165, 1.54) is 5.56 Å². The maximum absolute atomic E-state index is 11.5. The minimum atomic E-state index is -0.513. The van der Waals surface area contributed by atoms with E-state index in [4.69, 9.17) is 9.84 Å². The lowest BCUT2D eigenvalue weighted by Gasteiger charge is -2.23. The molecule has 0 bridgehead atoms. The molecule has 0 spiro atoms. The number of rotatable bonds is 13. The molecule has 34 heavy (non-hydrogen) atoms. The van der Waals surface area contributed by atoms with Crippen molar-refractivity contribution in [1.82, 2.24) is 0 Å². The van der Waals surface area contributed by atoms with Gasteiger partial charge in [-0.25, -0.2) is 0 Å². The molecule has 5 atom stereocenters. The van der Waals surface area contributed by atoms with E-state index in [-0.39, 0.29) is 30.5 Å². The van der Waals surface area contributed by atoms with Crippen LogP contribution in [0, 0.1) is 11.8 Å². The van der Waals surface area contributed by atoms with Crippen LogP contribution < -0.4 is 0 Å². The molecular formula is C28H46O6. The number of carbonyl (C=O) groups is 1. The van der Waals surface area contributed by atoms with Gasteiger partial charge in [0.1, 0.15) is 0 Å². The molecule has 4 N–H and O–H groups in total. The van der Waals surface area contributed by atoms with Crippen LogP contribution in [0.2, 0.25) is 0 Å². The standard InChI is InChI=1S/C26H40O5.C2H6O/c1-19(2)31-26(30)13-9-4-3-8-12-22-23(25(29)18-24(22)28)17-16-21(27)15-14-20-10-6-5-7-11-20;1-2-3/h3,5-8,10-11,19,21-25,27-29H,4,9,12-18H2,1-2H3;3H,2H2,1H3/b8-3-;/t21-,22+,23+,24-,25+;/m0./s1. The second kappa shape index (κ2) is 17.7. The lowest BCUT2D eigenvalue weighted by atomic mass is 9.85. The van der Waals surface area contributed by atoms with Gasteiger partial charge >= 0.3 is 5.97 Å². The molecule has 1 aromatic rings. The number of aryl methyl sites for hydroxylation is 1. The Kier molecular flexibility index (Phi) is 15.7. The van der Waals surface area contributed by atoms with E-state index in [9.17, 15) is 20.1 Å². The normalized spacial score (nSPS) is 23.1. The van der Waals surface area contributed by atoms with E-state index in [1.54, 1.807) is 6.92 Å². The molecule has 0 radical (unpaired) electrons. The second-order valence-electron chi connectivity index (χ2n) is 9.41. The van der Waals surface area contributed by atoms with Gasteiger partial charge in [0.2, 0.25) is 0 Å². The highest BCUT2D eigenvalue weighted by Gasteiger charge is 2.40. The number of hydrogen-bond donors (Lipinski definition) is 4. The van der Waals surface area contributed by atoms with Crippen molar-refractivity contribution >= 4 is 5.97 Å². The van der Waals surface area contributed by atoms with Crippen LogP contribution >= 0.6 is 0 Å². The molecule has 1 aromatic carbocycles. The summed E-state index contributed by atoms with van der Waals surface area (Å²) in [5.74, 6) is -0.144. The minimum Gasteiger partial charge on any atom is -0.463 e. The van der Waals surface area contributed by atoms with Gasteiger partial charge in [-0.05, 0) is 89.5 Å². The van der Waals surface area contributed by atoms with Crippen molar-refractivity contribution in [3.05, 3.63) is 48.0 Å². The van der Waals surface area contributed by atoms with E-state index in [2.05, 4.69) is 18.2 Å². The van der Waals surface area contributed by atoms with Crippen LogP contribution in [0.3, 0.4) is 0 Å². The number of hydrogen-bond acceptors (Lipinski definition) is 6. The molecule has 2 rings (SSSR count). The van der Waals surface area contributed by atoms with Crippen molar-refractivity contribution in [2.24, 2.45) is 11.8 Å². The highest BCUT2D eigenvalue weighted by Crippen LogP contribution is 2.38. The van der Waals surface area contributed by atoms with Gasteiger partial charge in [-0.2, -0.15) is 0 Å². The lowest BCUT2D eigenvalue weighted by molar-refractivity contribution is -0.147. The van der Waals surface area contributed by atoms with Gasteiger partial charge < -0.3 is 25.2 Å². The van der Waals surface area contributed by atoms with Gasteiger partial charge in [0.15, 0.2) is 0 Å². The highest BCUT2D eigenvalue weighted by atomic mass is 16.5. The highest BCUT2D eigenvalue weighted by molar-refractivity contribution is 5.69. The van der Waals surface area contributed by atoms with Crippen LogP contribution in [0.4, 0.5) is 0 Å². The number of allylic oxidation sites excluding steroid dienone is 2. The second-order valence-corrected chi connectivity index (χ2v) is 9.41. The molecule has 0 unspecified atom stereocenters. The summed E-state index contributed by atoms with van der Waals surface area (Å²) in [7, 11) is 0. The first-order chi connectivity index (χ1) is 16.3. The molecule has 194 valence electrons. The van der Waals surface area contributed by atoms with Crippen LogP contribution in [0.5, 0.6) is 0 Å². The van der Waals surface area contributed by atoms with Gasteiger partial charge in [0, 0.05) is 13.0 Å². The number of carbonyl (C=O) groups excluding carboxylic acids is 1. The molecule has 1 saturated carbocycles. The zero-order valence-corrected chi connectivity index (χ0v) is 21.2. The number of aliphatic hydroxyl groups excluding tert-OH is 4. The Bertz CT molecular complexity index is 675. The average Bonchev–Trinajstić information content (AvgIpc) is 3.06. The summed E-state index contributed by atoms with van der Waals surface area (Å²) in [4.78, 5) is 11.5. The van der Waals surface area contributed by atoms with Gasteiger partial charge in [0.25, 0.3) is 0 Å². The molecule has 6 nitrogen and oxygen atoms in total. The summed E-state index contributed by atoms with van der Waals surface area (Å²) < 4.78 is 5.12. The fourth-order valence-electron chi connectivity index (χ4n) is 4.47. The van der Waals surface area contributed by atoms with Crippen molar-refractivity contribution in [2.45, 2.75) is 103 Å². The summed E-state index contributed by atoms with van der Waals surface area (Å²) in [5, 5.41) is 38.8. The zero-order valence-electron chi connectivity index (χ0n) is 21.2. The smallest absolute Gasteiger partial charge is 0.306 e. The first-order valence-corrected chi connectivity index (χ1v) is 12.8. The molecule has 0 saturated heterocycles. The molecule has 1 fully saturated rings. The van der Waals surface area contributed by atoms with Crippen LogP contribution in [-0.2, 0) is 16.0 Å². The molecule has 0 amide bonds. The quantitative estimate of drug-likeness (QED) is 0.192. The summed E-state index contributed by atoms with van der Waals surface area (Å²) >= 11 is 0. The molecule has 0 aliphatic heterocycles. The SMILES string of the molecule is CC(C)OC(=O)CCC/C=C\C[C@@H]1[C@@H](CC[C@@H](O)CCc2ccccc2)[C@H](O)C[C@@H]1O.CCO. The fraction of sp³-hybridized carbons (Fsp3) is 0.679. The Morgan fingerprint density at radius 2 is 1.74 bits per heavy atom. The van der Waals surface area contributed by atoms with Crippen molar-refractivity contribution in [3.63, 3.8) is 0 Å². The third-order valence-corrected chi connectivity index (χ3v) is 6.16. The first kappa shape index (κ1) is 30.3. The Hall–Kier alpha value is -1.73. The third kappa shape index (κ3) is 12.7. The van der Waals surface area contributed by atoms with E-state index in [0.717, 1.165) is 19.3 Å². The molecule has 1 aliphatic rings. The predicted octanol–water partition coefficient (Wildman–Crippen LogP) is 4.19. The third-order valence-electron chi connectivity index (χ3n) is 6.16. The van der Waals surface area contributed by atoms with Crippen LogP contribution in [0.15, 0.2) is 42.5 Å². The Balaban J connectivity index is 0.00000182. The Morgan fingerprint density at radius 1 is 1.09 bits per heavy atom. The van der Waals surface area contributed by atoms with Crippen molar-refractivity contribution in [1.29, 1.82) is 0 Å². The van der Waals surface area contributed by atoms with E-state index >= 15 is 0 Å². The topological polar surface area (TPSA) is 107 Å². The van der Waals surface area contributed by atoms with Crippen molar-refractivity contribution < 1.29 is 30.0 Å². The van der Waals surface area contributed by atoms with Crippen LogP contribution in [0.1, 0.15) is 77.7 Å². The van der Waals surface area contributed by atoms with E-state index < -0.39 is 18.3 Å². The number of unbranched alkanes of at least 4 members (excludes halogenated alkanes) is 1. The summed E-state index contributed by atoms with van der Waals surface area (Å²) in [5.41, 5.74) is 1.22.